The van der Waals surface area contributed by atoms with Crippen molar-refractivity contribution in [3.63, 3.8) is 0 Å². The van der Waals surface area contributed by atoms with E-state index in [9.17, 15) is 4.39 Å². The number of aromatic nitrogens is 1. The van der Waals surface area contributed by atoms with Gasteiger partial charge in [-0.25, -0.2) is 9.37 Å². The third-order valence-corrected chi connectivity index (χ3v) is 1.94. The van der Waals surface area contributed by atoms with Crippen LogP contribution in [0, 0.1) is 5.82 Å². The standard InChI is InChI=1S/C11H9FN2/c12-9-6-7-10(14-11(9)13)8-4-2-1-3-5-8/h1-7H,(H2,13,14). The molecule has 0 saturated carbocycles. The minimum Gasteiger partial charge on any atom is -0.381 e. The van der Waals surface area contributed by atoms with Crippen LogP contribution in [0.3, 0.4) is 0 Å². The van der Waals surface area contributed by atoms with Gasteiger partial charge in [0, 0.05) is 5.56 Å². The Labute approximate surface area is 81.2 Å². The smallest absolute Gasteiger partial charge is 0.165 e. The third-order valence-electron chi connectivity index (χ3n) is 1.94. The molecule has 2 nitrogen and oxygen atoms in total. The van der Waals surface area contributed by atoms with E-state index >= 15 is 0 Å². The summed E-state index contributed by atoms with van der Waals surface area (Å²) >= 11 is 0. The van der Waals surface area contributed by atoms with E-state index in [-0.39, 0.29) is 5.82 Å². The number of rotatable bonds is 1. The summed E-state index contributed by atoms with van der Waals surface area (Å²) in [6.07, 6.45) is 0. The number of nitrogens with zero attached hydrogens (tertiary/aromatic N) is 1. The van der Waals surface area contributed by atoms with Crippen LogP contribution in [0.25, 0.3) is 11.3 Å². The van der Waals surface area contributed by atoms with Crippen molar-refractivity contribution in [1.82, 2.24) is 4.98 Å². The van der Waals surface area contributed by atoms with Gasteiger partial charge in [0.25, 0.3) is 0 Å². The lowest BCUT2D eigenvalue weighted by Crippen LogP contribution is -1.95. The predicted octanol–water partition coefficient (Wildman–Crippen LogP) is 2.47. The molecule has 0 bridgehead atoms. The Morgan fingerprint density at radius 3 is 2.36 bits per heavy atom. The first-order valence-electron chi connectivity index (χ1n) is 4.25. The molecule has 2 N–H and O–H groups in total. The molecule has 0 radical (unpaired) electrons. The lowest BCUT2D eigenvalue weighted by atomic mass is 10.1. The van der Waals surface area contributed by atoms with Gasteiger partial charge in [-0.05, 0) is 12.1 Å². The lowest BCUT2D eigenvalue weighted by molar-refractivity contribution is 0.627. The number of hydrogen-bond acceptors (Lipinski definition) is 2. The highest BCUT2D eigenvalue weighted by molar-refractivity contribution is 5.60. The fraction of sp³-hybridized carbons (Fsp3) is 0. The van der Waals surface area contributed by atoms with Crippen molar-refractivity contribution in [1.29, 1.82) is 0 Å². The van der Waals surface area contributed by atoms with Gasteiger partial charge in [0.05, 0.1) is 5.69 Å². The average molecular weight is 188 g/mol. The van der Waals surface area contributed by atoms with E-state index in [0.29, 0.717) is 5.69 Å². The summed E-state index contributed by atoms with van der Waals surface area (Å²) in [4.78, 5) is 3.95. The molecule has 0 saturated heterocycles. The number of hydrogen-bond donors (Lipinski definition) is 1. The van der Waals surface area contributed by atoms with Crippen LogP contribution in [0.2, 0.25) is 0 Å². The van der Waals surface area contributed by atoms with E-state index in [1.54, 1.807) is 6.07 Å². The fourth-order valence-electron chi connectivity index (χ4n) is 1.23. The second-order valence-corrected chi connectivity index (χ2v) is 2.93. The summed E-state index contributed by atoms with van der Waals surface area (Å²) in [5.41, 5.74) is 6.99. The van der Waals surface area contributed by atoms with Crippen molar-refractivity contribution in [3.05, 3.63) is 48.3 Å². The first kappa shape index (κ1) is 8.69. The molecular formula is C11H9FN2. The van der Waals surface area contributed by atoms with Gasteiger partial charge in [0.15, 0.2) is 11.6 Å². The van der Waals surface area contributed by atoms with E-state index in [2.05, 4.69) is 4.98 Å². The van der Waals surface area contributed by atoms with Crippen molar-refractivity contribution >= 4 is 5.82 Å². The third kappa shape index (κ3) is 1.57. The molecule has 14 heavy (non-hydrogen) atoms. The zero-order chi connectivity index (χ0) is 9.97. The Kier molecular flexibility index (Phi) is 2.14. The molecule has 2 aromatic rings. The van der Waals surface area contributed by atoms with Crippen molar-refractivity contribution < 1.29 is 4.39 Å². The molecule has 0 fully saturated rings. The van der Waals surface area contributed by atoms with E-state index < -0.39 is 5.82 Å². The Hall–Kier alpha value is -1.90. The molecule has 0 unspecified atom stereocenters. The number of nitrogens with two attached hydrogens (primary N) is 1. The number of halogens is 1. The van der Waals surface area contributed by atoms with Gasteiger partial charge in [-0.1, -0.05) is 30.3 Å². The normalized spacial score (nSPS) is 10.1. The Balaban J connectivity index is 2.48. The Morgan fingerprint density at radius 2 is 1.71 bits per heavy atom. The van der Waals surface area contributed by atoms with Crippen molar-refractivity contribution in [2.24, 2.45) is 0 Å². The molecule has 1 aromatic heterocycles. The number of nitrogen functional groups attached to an aromatic ring is 1. The van der Waals surface area contributed by atoms with E-state index in [1.807, 2.05) is 30.3 Å². The topological polar surface area (TPSA) is 38.9 Å². The van der Waals surface area contributed by atoms with Gasteiger partial charge in [-0.2, -0.15) is 0 Å². The monoisotopic (exact) mass is 188 g/mol. The molecule has 0 aliphatic rings. The van der Waals surface area contributed by atoms with Gasteiger partial charge >= 0.3 is 0 Å². The maximum absolute atomic E-state index is 12.8. The lowest BCUT2D eigenvalue weighted by Gasteiger charge is -2.01. The van der Waals surface area contributed by atoms with Crippen LogP contribution in [0.5, 0.6) is 0 Å². The highest BCUT2D eigenvalue weighted by Gasteiger charge is 2.02. The number of pyridine rings is 1. The largest absolute Gasteiger partial charge is 0.381 e. The SMILES string of the molecule is Nc1nc(-c2ccccc2)ccc1F. The molecule has 0 atom stereocenters. The van der Waals surface area contributed by atoms with Crippen molar-refractivity contribution in [2.75, 3.05) is 5.73 Å². The molecule has 70 valence electrons. The average Bonchev–Trinajstić information content (AvgIpc) is 2.23. The van der Waals surface area contributed by atoms with Crippen LogP contribution >= 0.6 is 0 Å². The minimum atomic E-state index is -0.482. The molecule has 2 rings (SSSR count). The Bertz CT molecular complexity index is 440. The highest BCUT2D eigenvalue weighted by Crippen LogP contribution is 2.18. The van der Waals surface area contributed by atoms with E-state index in [1.165, 1.54) is 6.07 Å². The summed E-state index contributed by atoms with van der Waals surface area (Å²) in [5, 5.41) is 0. The van der Waals surface area contributed by atoms with E-state index in [4.69, 9.17) is 5.73 Å². The minimum absolute atomic E-state index is 0.0636. The molecular weight excluding hydrogens is 179 g/mol. The van der Waals surface area contributed by atoms with Gasteiger partial charge in [0.1, 0.15) is 0 Å². The summed E-state index contributed by atoms with van der Waals surface area (Å²) in [5.74, 6) is -0.545. The summed E-state index contributed by atoms with van der Waals surface area (Å²) in [6.45, 7) is 0. The second-order valence-electron chi connectivity index (χ2n) is 2.93. The van der Waals surface area contributed by atoms with Crippen LogP contribution in [0.4, 0.5) is 10.2 Å². The molecule has 0 aliphatic heterocycles. The molecule has 0 aliphatic carbocycles. The number of benzene rings is 1. The first-order valence-corrected chi connectivity index (χ1v) is 4.25. The van der Waals surface area contributed by atoms with Gasteiger partial charge in [0.2, 0.25) is 0 Å². The quantitative estimate of drug-likeness (QED) is 0.746. The van der Waals surface area contributed by atoms with Crippen LogP contribution in [0.1, 0.15) is 0 Å². The molecule has 0 spiro atoms. The van der Waals surface area contributed by atoms with Gasteiger partial charge in [-0.15, -0.1) is 0 Å². The van der Waals surface area contributed by atoms with Crippen molar-refractivity contribution in [2.45, 2.75) is 0 Å². The van der Waals surface area contributed by atoms with Crippen LogP contribution in [-0.2, 0) is 0 Å². The summed E-state index contributed by atoms with van der Waals surface area (Å²) in [6, 6.07) is 12.5. The van der Waals surface area contributed by atoms with Crippen molar-refractivity contribution in [3.8, 4) is 11.3 Å². The molecule has 1 heterocycles. The van der Waals surface area contributed by atoms with Gasteiger partial charge in [-0.3, -0.25) is 0 Å². The van der Waals surface area contributed by atoms with Crippen LogP contribution in [-0.4, -0.2) is 4.98 Å². The molecule has 0 amide bonds. The number of anilines is 1. The summed E-state index contributed by atoms with van der Waals surface area (Å²) in [7, 11) is 0. The second kappa shape index (κ2) is 3.46. The zero-order valence-corrected chi connectivity index (χ0v) is 7.44. The molecule has 3 heteroatoms. The predicted molar refractivity (Wildman–Crippen MR) is 54.0 cm³/mol. The maximum Gasteiger partial charge on any atom is 0.165 e. The summed E-state index contributed by atoms with van der Waals surface area (Å²) < 4.78 is 12.8. The Morgan fingerprint density at radius 1 is 1.00 bits per heavy atom. The van der Waals surface area contributed by atoms with Gasteiger partial charge < -0.3 is 5.73 Å². The first-order chi connectivity index (χ1) is 6.77. The molecule has 1 aromatic carbocycles. The van der Waals surface area contributed by atoms with Crippen LogP contribution in [0.15, 0.2) is 42.5 Å². The highest BCUT2D eigenvalue weighted by atomic mass is 19.1. The van der Waals surface area contributed by atoms with E-state index in [0.717, 1.165) is 5.56 Å². The zero-order valence-electron chi connectivity index (χ0n) is 7.44. The fourth-order valence-corrected chi connectivity index (χ4v) is 1.23. The van der Waals surface area contributed by atoms with Crippen LogP contribution < -0.4 is 5.73 Å². The maximum atomic E-state index is 12.8.